The molecule has 2 aromatic carbocycles. The van der Waals surface area contributed by atoms with Gasteiger partial charge in [-0.1, -0.05) is 45.0 Å². The standard InChI is InChI=1S/C17H20FNO/c1-11(17(2,3)4)19-16(20)14-9-10-15(18)13-8-6-5-7-12(13)14/h5-11H,1-4H3,(H,19,20). The van der Waals surface area contributed by atoms with Crippen LogP contribution >= 0.6 is 0 Å². The van der Waals surface area contributed by atoms with E-state index in [9.17, 15) is 9.18 Å². The lowest BCUT2D eigenvalue weighted by Gasteiger charge is -2.28. The Balaban J connectivity index is 2.39. The third-order valence-electron chi connectivity index (χ3n) is 3.76. The van der Waals surface area contributed by atoms with Crippen LogP contribution in [0.25, 0.3) is 10.8 Å². The van der Waals surface area contributed by atoms with Crippen LogP contribution in [0.1, 0.15) is 38.1 Å². The molecular weight excluding hydrogens is 253 g/mol. The largest absolute Gasteiger partial charge is 0.349 e. The molecule has 2 nitrogen and oxygen atoms in total. The summed E-state index contributed by atoms with van der Waals surface area (Å²) in [5.74, 6) is -0.468. The highest BCUT2D eigenvalue weighted by Crippen LogP contribution is 2.23. The number of carbonyl (C=O) groups excluding carboxylic acids is 1. The van der Waals surface area contributed by atoms with Crippen molar-refractivity contribution in [3.63, 3.8) is 0 Å². The van der Waals surface area contributed by atoms with Crippen LogP contribution in [0, 0.1) is 11.2 Å². The molecule has 0 aliphatic rings. The first kappa shape index (κ1) is 14.5. The molecule has 106 valence electrons. The molecule has 0 saturated carbocycles. The number of hydrogen-bond acceptors (Lipinski definition) is 1. The summed E-state index contributed by atoms with van der Waals surface area (Å²) >= 11 is 0. The van der Waals surface area contributed by atoms with E-state index in [-0.39, 0.29) is 23.2 Å². The van der Waals surface area contributed by atoms with Gasteiger partial charge in [0, 0.05) is 17.0 Å². The Labute approximate surface area is 119 Å². The minimum atomic E-state index is -0.305. The van der Waals surface area contributed by atoms with Gasteiger partial charge in [-0.3, -0.25) is 4.79 Å². The van der Waals surface area contributed by atoms with Gasteiger partial charge in [-0.15, -0.1) is 0 Å². The molecule has 0 radical (unpaired) electrons. The smallest absolute Gasteiger partial charge is 0.252 e. The van der Waals surface area contributed by atoms with Crippen molar-refractivity contribution in [1.82, 2.24) is 5.32 Å². The normalized spacial score (nSPS) is 13.2. The van der Waals surface area contributed by atoms with Crippen LogP contribution in [0.3, 0.4) is 0 Å². The molecule has 1 atom stereocenters. The van der Waals surface area contributed by atoms with Gasteiger partial charge in [0.25, 0.3) is 5.91 Å². The quantitative estimate of drug-likeness (QED) is 0.875. The van der Waals surface area contributed by atoms with Crippen LogP contribution in [-0.4, -0.2) is 11.9 Å². The van der Waals surface area contributed by atoms with Gasteiger partial charge in [0.2, 0.25) is 0 Å². The Morgan fingerprint density at radius 1 is 1.10 bits per heavy atom. The number of benzene rings is 2. The lowest BCUT2D eigenvalue weighted by atomic mass is 9.88. The molecule has 0 saturated heterocycles. The van der Waals surface area contributed by atoms with E-state index in [2.05, 4.69) is 26.1 Å². The zero-order valence-electron chi connectivity index (χ0n) is 12.3. The van der Waals surface area contributed by atoms with Crippen molar-refractivity contribution in [1.29, 1.82) is 0 Å². The van der Waals surface area contributed by atoms with Gasteiger partial charge in [-0.25, -0.2) is 4.39 Å². The zero-order chi connectivity index (χ0) is 14.9. The molecule has 1 N–H and O–H groups in total. The predicted molar refractivity (Wildman–Crippen MR) is 80.3 cm³/mol. The Hall–Kier alpha value is -1.90. The average Bonchev–Trinajstić information content (AvgIpc) is 2.38. The summed E-state index contributed by atoms with van der Waals surface area (Å²) in [5, 5.41) is 4.11. The van der Waals surface area contributed by atoms with Crippen LogP contribution in [0.2, 0.25) is 0 Å². The molecule has 2 aromatic rings. The molecule has 1 amide bonds. The van der Waals surface area contributed by atoms with Gasteiger partial charge >= 0.3 is 0 Å². The van der Waals surface area contributed by atoms with E-state index in [0.717, 1.165) is 0 Å². The molecular formula is C17H20FNO. The van der Waals surface area contributed by atoms with Crippen LogP contribution in [-0.2, 0) is 0 Å². The van der Waals surface area contributed by atoms with Crippen LogP contribution in [0.15, 0.2) is 36.4 Å². The summed E-state index contributed by atoms with van der Waals surface area (Å²) in [5.41, 5.74) is 0.490. The number of fused-ring (bicyclic) bond motifs is 1. The summed E-state index contributed by atoms with van der Waals surface area (Å²) in [7, 11) is 0. The van der Waals surface area contributed by atoms with E-state index < -0.39 is 0 Å². The minimum absolute atomic E-state index is 0.0223. The topological polar surface area (TPSA) is 29.1 Å². The molecule has 3 heteroatoms. The molecule has 20 heavy (non-hydrogen) atoms. The van der Waals surface area contributed by atoms with Gasteiger partial charge in [0.1, 0.15) is 5.82 Å². The maximum atomic E-state index is 13.7. The first-order valence-corrected chi connectivity index (χ1v) is 6.79. The first-order chi connectivity index (χ1) is 9.30. The molecule has 0 aromatic heterocycles. The molecule has 2 rings (SSSR count). The van der Waals surface area contributed by atoms with Gasteiger partial charge in [-0.05, 0) is 29.9 Å². The molecule has 0 fully saturated rings. The van der Waals surface area contributed by atoms with Crippen molar-refractivity contribution >= 4 is 16.7 Å². The molecule has 0 aliphatic heterocycles. The Kier molecular flexibility index (Phi) is 3.80. The maximum absolute atomic E-state index is 13.7. The second-order valence-electron chi connectivity index (χ2n) is 6.20. The fourth-order valence-electron chi connectivity index (χ4n) is 1.95. The predicted octanol–water partition coefficient (Wildman–Crippen LogP) is 4.14. The Morgan fingerprint density at radius 2 is 1.70 bits per heavy atom. The average molecular weight is 273 g/mol. The Bertz CT molecular complexity index is 643. The van der Waals surface area contributed by atoms with Crippen molar-refractivity contribution in [2.75, 3.05) is 0 Å². The van der Waals surface area contributed by atoms with E-state index in [1.54, 1.807) is 24.3 Å². The van der Waals surface area contributed by atoms with Crippen molar-refractivity contribution in [2.24, 2.45) is 5.41 Å². The molecule has 0 bridgehead atoms. The van der Waals surface area contributed by atoms with Crippen molar-refractivity contribution in [3.8, 4) is 0 Å². The van der Waals surface area contributed by atoms with Crippen LogP contribution < -0.4 is 5.32 Å². The van der Waals surface area contributed by atoms with E-state index >= 15 is 0 Å². The Morgan fingerprint density at radius 3 is 2.30 bits per heavy atom. The molecule has 0 aliphatic carbocycles. The highest BCUT2D eigenvalue weighted by atomic mass is 19.1. The van der Waals surface area contributed by atoms with E-state index in [4.69, 9.17) is 0 Å². The second-order valence-corrected chi connectivity index (χ2v) is 6.20. The number of rotatable bonds is 2. The van der Waals surface area contributed by atoms with Crippen molar-refractivity contribution in [3.05, 3.63) is 47.8 Å². The number of amides is 1. The van der Waals surface area contributed by atoms with Crippen molar-refractivity contribution < 1.29 is 9.18 Å². The fraction of sp³-hybridized carbons (Fsp3) is 0.353. The SMILES string of the molecule is CC(NC(=O)c1ccc(F)c2ccccc12)C(C)(C)C. The molecule has 0 heterocycles. The van der Waals surface area contributed by atoms with Crippen molar-refractivity contribution in [2.45, 2.75) is 33.7 Å². The van der Waals surface area contributed by atoms with E-state index in [1.165, 1.54) is 6.07 Å². The van der Waals surface area contributed by atoms with Gasteiger partial charge in [0.15, 0.2) is 0 Å². The second kappa shape index (κ2) is 5.23. The van der Waals surface area contributed by atoms with Crippen LogP contribution in [0.5, 0.6) is 0 Å². The molecule has 1 unspecified atom stereocenters. The fourth-order valence-corrected chi connectivity index (χ4v) is 1.95. The van der Waals surface area contributed by atoms with E-state index in [1.807, 2.05) is 13.0 Å². The highest BCUT2D eigenvalue weighted by Gasteiger charge is 2.23. The zero-order valence-corrected chi connectivity index (χ0v) is 12.3. The lowest BCUT2D eigenvalue weighted by Crippen LogP contribution is -2.41. The number of halogens is 1. The summed E-state index contributed by atoms with van der Waals surface area (Å²) in [4.78, 5) is 12.4. The third-order valence-corrected chi connectivity index (χ3v) is 3.76. The first-order valence-electron chi connectivity index (χ1n) is 6.79. The summed E-state index contributed by atoms with van der Waals surface area (Å²) < 4.78 is 13.7. The monoisotopic (exact) mass is 273 g/mol. The minimum Gasteiger partial charge on any atom is -0.349 e. The summed E-state index contributed by atoms with van der Waals surface area (Å²) in [6, 6.07) is 9.96. The molecule has 0 spiro atoms. The highest BCUT2D eigenvalue weighted by molar-refractivity contribution is 6.07. The summed E-state index contributed by atoms with van der Waals surface area (Å²) in [6.07, 6.45) is 0. The lowest BCUT2D eigenvalue weighted by molar-refractivity contribution is 0.0912. The third kappa shape index (κ3) is 2.82. The van der Waals surface area contributed by atoms with E-state index in [0.29, 0.717) is 16.3 Å². The van der Waals surface area contributed by atoms with Crippen LogP contribution in [0.4, 0.5) is 4.39 Å². The van der Waals surface area contributed by atoms with Gasteiger partial charge < -0.3 is 5.32 Å². The number of hydrogen-bond donors (Lipinski definition) is 1. The summed E-state index contributed by atoms with van der Waals surface area (Å²) in [6.45, 7) is 8.19. The number of carbonyl (C=O) groups is 1. The van der Waals surface area contributed by atoms with Gasteiger partial charge in [0.05, 0.1) is 0 Å². The maximum Gasteiger partial charge on any atom is 0.252 e. The van der Waals surface area contributed by atoms with Gasteiger partial charge in [-0.2, -0.15) is 0 Å². The number of nitrogens with one attached hydrogen (secondary N) is 1.